The van der Waals surface area contributed by atoms with Gasteiger partial charge >= 0.3 is 0 Å². The van der Waals surface area contributed by atoms with Crippen molar-refractivity contribution in [3.8, 4) is 11.1 Å². The van der Waals surface area contributed by atoms with Gasteiger partial charge in [0.15, 0.2) is 14.9 Å². The van der Waals surface area contributed by atoms with Gasteiger partial charge in [-0.05, 0) is 12.1 Å². The van der Waals surface area contributed by atoms with E-state index in [-0.39, 0.29) is 10.9 Å². The first kappa shape index (κ1) is 18.5. The first-order valence-corrected chi connectivity index (χ1v) is 9.82. The molecule has 0 atom stereocenters. The van der Waals surface area contributed by atoms with Crippen LogP contribution in [-0.2, 0) is 21.7 Å². The molecule has 10 heteroatoms. The second kappa shape index (κ2) is 7.16. The maximum absolute atomic E-state index is 11.7. The van der Waals surface area contributed by atoms with Crippen molar-refractivity contribution in [3.63, 3.8) is 0 Å². The number of carbonyl (C=O) groups excluding carboxylic acids is 1. The highest BCUT2D eigenvalue weighted by Gasteiger charge is 2.13. The Morgan fingerprint density at radius 2 is 1.96 bits per heavy atom. The number of rotatable bonds is 5. The third-order valence-electron chi connectivity index (χ3n) is 3.59. The molecule has 0 spiro atoms. The fourth-order valence-corrected chi connectivity index (χ4v) is 3.02. The molecule has 0 aliphatic carbocycles. The van der Waals surface area contributed by atoms with E-state index in [1.807, 2.05) is 6.20 Å². The molecule has 0 bridgehead atoms. The number of nitrogens with one attached hydrogen (secondary N) is 2. The van der Waals surface area contributed by atoms with E-state index < -0.39 is 9.84 Å². The molecule has 140 valence electrons. The molecule has 2 N–H and O–H groups in total. The van der Waals surface area contributed by atoms with Crippen LogP contribution in [0.25, 0.3) is 11.1 Å². The summed E-state index contributed by atoms with van der Waals surface area (Å²) in [5.41, 5.74) is 2.13. The van der Waals surface area contributed by atoms with Gasteiger partial charge in [0.25, 0.3) is 0 Å². The Balaban J connectivity index is 2.05. The van der Waals surface area contributed by atoms with Crippen molar-refractivity contribution < 1.29 is 13.2 Å². The summed E-state index contributed by atoms with van der Waals surface area (Å²) in [5.74, 6) is 0.458. The number of hydrogen-bond donors (Lipinski definition) is 2. The first-order valence-electron chi connectivity index (χ1n) is 7.93. The summed E-state index contributed by atoms with van der Waals surface area (Å²) in [5, 5.41) is 9.85. The minimum Gasteiger partial charge on any atom is -0.340 e. The van der Waals surface area contributed by atoms with E-state index in [1.165, 1.54) is 13.0 Å². The van der Waals surface area contributed by atoms with Gasteiger partial charge in [-0.2, -0.15) is 5.10 Å². The van der Waals surface area contributed by atoms with Crippen LogP contribution in [0.5, 0.6) is 0 Å². The standard InChI is InChI=1S/C17H18N6O3S/c1-11(24)20-16-7-14(13(9-18-16)12-8-19-23(2)10-12)21-15-5-4-6-17(22-15)27(3,25)26/h4-10H,1-3H3,(H2,18,20,21,22,24). The van der Waals surface area contributed by atoms with Crippen LogP contribution < -0.4 is 10.6 Å². The molecule has 0 radical (unpaired) electrons. The zero-order chi connectivity index (χ0) is 19.6. The summed E-state index contributed by atoms with van der Waals surface area (Å²) < 4.78 is 25.1. The molecule has 0 saturated carbocycles. The van der Waals surface area contributed by atoms with Crippen LogP contribution in [-0.4, -0.2) is 40.3 Å². The highest BCUT2D eigenvalue weighted by atomic mass is 32.2. The Morgan fingerprint density at radius 3 is 2.59 bits per heavy atom. The highest BCUT2D eigenvalue weighted by molar-refractivity contribution is 7.90. The quantitative estimate of drug-likeness (QED) is 0.688. The molecule has 3 heterocycles. The van der Waals surface area contributed by atoms with Crippen LogP contribution in [0.2, 0.25) is 0 Å². The van der Waals surface area contributed by atoms with Crippen LogP contribution in [0, 0.1) is 0 Å². The predicted molar refractivity (Wildman–Crippen MR) is 101 cm³/mol. The van der Waals surface area contributed by atoms with E-state index in [0.29, 0.717) is 17.3 Å². The minimum absolute atomic E-state index is 0.0356. The van der Waals surface area contributed by atoms with E-state index in [1.54, 1.807) is 42.3 Å². The third kappa shape index (κ3) is 4.47. The van der Waals surface area contributed by atoms with Crippen LogP contribution in [0.1, 0.15) is 6.92 Å². The van der Waals surface area contributed by atoms with Gasteiger partial charge in [0.1, 0.15) is 11.6 Å². The van der Waals surface area contributed by atoms with Gasteiger partial charge in [-0.3, -0.25) is 9.48 Å². The van der Waals surface area contributed by atoms with Crippen molar-refractivity contribution in [1.82, 2.24) is 19.7 Å². The molecule has 3 rings (SSSR count). The molecule has 1 amide bonds. The van der Waals surface area contributed by atoms with Crippen molar-refractivity contribution in [3.05, 3.63) is 42.9 Å². The summed E-state index contributed by atoms with van der Waals surface area (Å²) in [7, 11) is -1.64. The summed E-state index contributed by atoms with van der Waals surface area (Å²) in [6.45, 7) is 1.39. The van der Waals surface area contributed by atoms with Crippen LogP contribution >= 0.6 is 0 Å². The molecule has 0 unspecified atom stereocenters. The summed E-state index contributed by atoms with van der Waals surface area (Å²) >= 11 is 0. The largest absolute Gasteiger partial charge is 0.340 e. The van der Waals surface area contributed by atoms with Crippen LogP contribution in [0.15, 0.2) is 47.9 Å². The molecule has 0 fully saturated rings. The first-order chi connectivity index (χ1) is 12.7. The molecular formula is C17H18N6O3S. The number of amides is 1. The summed E-state index contributed by atoms with van der Waals surface area (Å²) in [4.78, 5) is 19.7. The Hall–Kier alpha value is -3.27. The van der Waals surface area contributed by atoms with Gasteiger partial charge in [-0.1, -0.05) is 6.07 Å². The predicted octanol–water partition coefficient (Wildman–Crippen LogP) is 1.98. The smallest absolute Gasteiger partial charge is 0.222 e. The Kier molecular flexibility index (Phi) is 4.91. The number of hydrogen-bond acceptors (Lipinski definition) is 7. The Bertz CT molecular complexity index is 1110. The number of pyridine rings is 2. The van der Waals surface area contributed by atoms with E-state index in [9.17, 15) is 13.2 Å². The number of aromatic nitrogens is 4. The molecule has 3 aromatic heterocycles. The number of nitrogens with zero attached hydrogens (tertiary/aromatic N) is 4. The third-order valence-corrected chi connectivity index (χ3v) is 4.58. The lowest BCUT2D eigenvalue weighted by Crippen LogP contribution is -2.08. The van der Waals surface area contributed by atoms with Crippen molar-refractivity contribution in [2.45, 2.75) is 11.9 Å². The lowest BCUT2D eigenvalue weighted by atomic mass is 10.1. The van der Waals surface area contributed by atoms with Gasteiger partial charge in [-0.15, -0.1) is 0 Å². The van der Waals surface area contributed by atoms with E-state index >= 15 is 0 Å². The molecule has 3 aromatic rings. The second-order valence-corrected chi connectivity index (χ2v) is 7.92. The summed E-state index contributed by atoms with van der Waals surface area (Å²) in [6, 6.07) is 6.34. The van der Waals surface area contributed by atoms with Gasteiger partial charge in [0.05, 0.1) is 11.9 Å². The van der Waals surface area contributed by atoms with Crippen molar-refractivity contribution in [1.29, 1.82) is 0 Å². The molecule has 0 aliphatic heterocycles. The monoisotopic (exact) mass is 386 g/mol. The average molecular weight is 386 g/mol. The summed E-state index contributed by atoms with van der Waals surface area (Å²) in [6.07, 6.45) is 6.20. The van der Waals surface area contributed by atoms with Gasteiger partial charge in [-0.25, -0.2) is 18.4 Å². The fraction of sp³-hybridized carbons (Fsp3) is 0.176. The van der Waals surface area contributed by atoms with Crippen molar-refractivity contribution in [2.75, 3.05) is 16.9 Å². The lowest BCUT2D eigenvalue weighted by molar-refractivity contribution is -0.114. The number of carbonyl (C=O) groups is 1. The molecule has 0 saturated heterocycles. The molecule has 9 nitrogen and oxygen atoms in total. The molecular weight excluding hydrogens is 368 g/mol. The SMILES string of the molecule is CC(=O)Nc1cc(Nc2cccc(S(C)(=O)=O)n2)c(-c2cnn(C)c2)cn1. The number of sulfone groups is 1. The minimum atomic E-state index is -3.43. The average Bonchev–Trinajstić information content (AvgIpc) is 3.00. The molecule has 0 aliphatic rings. The van der Waals surface area contributed by atoms with E-state index in [2.05, 4.69) is 25.7 Å². The van der Waals surface area contributed by atoms with Crippen LogP contribution in [0.4, 0.5) is 17.3 Å². The maximum Gasteiger partial charge on any atom is 0.222 e. The normalized spacial score (nSPS) is 11.2. The fourth-order valence-electron chi connectivity index (χ4n) is 2.43. The Labute approximate surface area is 156 Å². The van der Waals surface area contributed by atoms with Gasteiger partial charge in [0.2, 0.25) is 5.91 Å². The van der Waals surface area contributed by atoms with Crippen molar-refractivity contribution >= 4 is 33.1 Å². The van der Waals surface area contributed by atoms with Gasteiger partial charge < -0.3 is 10.6 Å². The maximum atomic E-state index is 11.7. The zero-order valence-corrected chi connectivity index (χ0v) is 15.8. The highest BCUT2D eigenvalue weighted by Crippen LogP contribution is 2.31. The lowest BCUT2D eigenvalue weighted by Gasteiger charge is -2.13. The van der Waals surface area contributed by atoms with Crippen molar-refractivity contribution in [2.24, 2.45) is 7.05 Å². The Morgan fingerprint density at radius 1 is 1.19 bits per heavy atom. The van der Waals surface area contributed by atoms with E-state index in [4.69, 9.17) is 0 Å². The number of aryl methyl sites for hydroxylation is 1. The van der Waals surface area contributed by atoms with Crippen LogP contribution in [0.3, 0.4) is 0 Å². The molecule has 27 heavy (non-hydrogen) atoms. The topological polar surface area (TPSA) is 119 Å². The van der Waals surface area contributed by atoms with Gasteiger partial charge in [0, 0.05) is 49.8 Å². The van der Waals surface area contributed by atoms with E-state index in [0.717, 1.165) is 17.4 Å². The molecule has 0 aromatic carbocycles. The number of anilines is 3. The second-order valence-electron chi connectivity index (χ2n) is 5.96. The zero-order valence-electron chi connectivity index (χ0n) is 15.0.